The highest BCUT2D eigenvalue weighted by Gasteiger charge is 2.11. The molecule has 1 aromatic carbocycles. The summed E-state index contributed by atoms with van der Waals surface area (Å²) in [5.74, 6) is 1.28. The summed E-state index contributed by atoms with van der Waals surface area (Å²) in [7, 11) is 0. The molecule has 0 aliphatic rings. The van der Waals surface area contributed by atoms with Crippen LogP contribution >= 0.6 is 0 Å². The predicted molar refractivity (Wildman–Crippen MR) is 60.6 cm³/mol. The molecule has 1 aromatic rings. The van der Waals surface area contributed by atoms with Crippen LogP contribution in [0.2, 0.25) is 0 Å². The topological polar surface area (TPSA) is 20.2 Å². The molecule has 0 radical (unpaired) electrons. The van der Waals surface area contributed by atoms with E-state index in [9.17, 15) is 5.11 Å². The highest BCUT2D eigenvalue weighted by Crippen LogP contribution is 2.28. The molecule has 76 valence electrons. The molecule has 0 aromatic heterocycles. The summed E-state index contributed by atoms with van der Waals surface area (Å²) in [6.45, 7) is 10.0. The monoisotopic (exact) mass is 190 g/mol. The average molecular weight is 190 g/mol. The molecular formula is C13H18O. The molecule has 0 saturated carbocycles. The number of hydrogen-bond donors (Lipinski definition) is 1. The molecule has 1 heteroatoms. The fourth-order valence-corrected chi connectivity index (χ4v) is 1.47. The van der Waals surface area contributed by atoms with Crippen molar-refractivity contribution < 1.29 is 5.11 Å². The summed E-state index contributed by atoms with van der Waals surface area (Å²) >= 11 is 0. The van der Waals surface area contributed by atoms with E-state index in [-0.39, 0.29) is 0 Å². The maximum Gasteiger partial charge on any atom is 0.118 e. The van der Waals surface area contributed by atoms with Gasteiger partial charge in [-0.3, -0.25) is 0 Å². The summed E-state index contributed by atoms with van der Waals surface area (Å²) in [5, 5.41) is 9.40. The van der Waals surface area contributed by atoms with Gasteiger partial charge in [0.25, 0.3) is 0 Å². The molecule has 0 spiro atoms. The fourth-order valence-electron chi connectivity index (χ4n) is 1.47. The van der Waals surface area contributed by atoms with E-state index in [1.165, 1.54) is 5.56 Å². The maximum absolute atomic E-state index is 9.40. The summed E-state index contributed by atoms with van der Waals surface area (Å²) in [6.07, 6.45) is 1.97. The van der Waals surface area contributed by atoms with Gasteiger partial charge < -0.3 is 5.11 Å². The number of allylic oxidation sites excluding steroid dienone is 1. The van der Waals surface area contributed by atoms with Crippen LogP contribution in [0.15, 0.2) is 30.9 Å². The largest absolute Gasteiger partial charge is 0.508 e. The number of rotatable bonds is 3. The van der Waals surface area contributed by atoms with Crippen LogP contribution in [0.3, 0.4) is 0 Å². The molecule has 0 amide bonds. The first-order valence-electron chi connectivity index (χ1n) is 4.98. The van der Waals surface area contributed by atoms with E-state index < -0.39 is 0 Å². The summed E-state index contributed by atoms with van der Waals surface area (Å²) in [6, 6.07) is 5.78. The quantitative estimate of drug-likeness (QED) is 0.722. The van der Waals surface area contributed by atoms with Crippen LogP contribution in [0.5, 0.6) is 5.75 Å². The third-order valence-electron chi connectivity index (χ3n) is 2.91. The normalized spacial score (nSPS) is 14.8. The molecule has 14 heavy (non-hydrogen) atoms. The Morgan fingerprint density at radius 1 is 1.36 bits per heavy atom. The van der Waals surface area contributed by atoms with Crippen LogP contribution in [0.25, 0.3) is 0 Å². The third kappa shape index (κ3) is 2.16. The summed E-state index contributed by atoms with van der Waals surface area (Å²) in [5.41, 5.74) is 2.19. The van der Waals surface area contributed by atoms with E-state index in [2.05, 4.69) is 20.4 Å². The van der Waals surface area contributed by atoms with Gasteiger partial charge in [0, 0.05) is 0 Å². The molecule has 0 saturated heterocycles. The van der Waals surface area contributed by atoms with Gasteiger partial charge in [-0.15, -0.1) is 6.58 Å². The smallest absolute Gasteiger partial charge is 0.118 e. The van der Waals surface area contributed by atoms with Gasteiger partial charge in [-0.25, -0.2) is 0 Å². The molecule has 0 heterocycles. The lowest BCUT2D eigenvalue weighted by atomic mass is 9.88. The van der Waals surface area contributed by atoms with E-state index in [4.69, 9.17) is 0 Å². The third-order valence-corrected chi connectivity index (χ3v) is 2.91. The first-order valence-corrected chi connectivity index (χ1v) is 4.98. The lowest BCUT2D eigenvalue weighted by Gasteiger charge is -2.17. The van der Waals surface area contributed by atoms with Crippen LogP contribution in [0.4, 0.5) is 0 Å². The SMILES string of the molecule is C=CC(C)C(C)c1ccc(O)c(C)c1. The molecule has 2 unspecified atom stereocenters. The second-order valence-electron chi connectivity index (χ2n) is 3.93. The van der Waals surface area contributed by atoms with Crippen molar-refractivity contribution >= 4 is 0 Å². The van der Waals surface area contributed by atoms with E-state index in [0.29, 0.717) is 17.6 Å². The minimum Gasteiger partial charge on any atom is -0.508 e. The second kappa shape index (κ2) is 4.32. The number of aromatic hydroxyl groups is 1. The minimum atomic E-state index is 0.368. The number of hydrogen-bond acceptors (Lipinski definition) is 1. The van der Waals surface area contributed by atoms with E-state index in [0.717, 1.165) is 5.56 Å². The van der Waals surface area contributed by atoms with Gasteiger partial charge in [0.15, 0.2) is 0 Å². The van der Waals surface area contributed by atoms with Gasteiger partial charge in [-0.2, -0.15) is 0 Å². The highest BCUT2D eigenvalue weighted by molar-refractivity contribution is 5.36. The van der Waals surface area contributed by atoms with E-state index in [1.54, 1.807) is 6.07 Å². The van der Waals surface area contributed by atoms with E-state index in [1.807, 2.05) is 25.1 Å². The Morgan fingerprint density at radius 3 is 2.50 bits per heavy atom. The van der Waals surface area contributed by atoms with Crippen molar-refractivity contribution in [2.45, 2.75) is 26.7 Å². The van der Waals surface area contributed by atoms with Gasteiger partial charge in [-0.05, 0) is 36.0 Å². The van der Waals surface area contributed by atoms with Crippen LogP contribution < -0.4 is 0 Å². The molecule has 1 rings (SSSR count). The Bertz CT molecular complexity index is 328. The highest BCUT2D eigenvalue weighted by atomic mass is 16.3. The zero-order valence-corrected chi connectivity index (χ0v) is 9.12. The fraction of sp³-hybridized carbons (Fsp3) is 0.385. The minimum absolute atomic E-state index is 0.368. The van der Waals surface area contributed by atoms with Crippen molar-refractivity contribution in [3.05, 3.63) is 42.0 Å². The number of aryl methyl sites for hydroxylation is 1. The van der Waals surface area contributed by atoms with Crippen molar-refractivity contribution in [3.63, 3.8) is 0 Å². The van der Waals surface area contributed by atoms with Crippen molar-refractivity contribution in [1.82, 2.24) is 0 Å². The molecular weight excluding hydrogens is 172 g/mol. The van der Waals surface area contributed by atoms with Crippen LogP contribution in [-0.4, -0.2) is 5.11 Å². The van der Waals surface area contributed by atoms with Gasteiger partial charge in [0.1, 0.15) is 5.75 Å². The molecule has 1 nitrogen and oxygen atoms in total. The van der Waals surface area contributed by atoms with Crippen molar-refractivity contribution in [2.75, 3.05) is 0 Å². The van der Waals surface area contributed by atoms with Gasteiger partial charge >= 0.3 is 0 Å². The van der Waals surface area contributed by atoms with Gasteiger partial charge in [0.05, 0.1) is 0 Å². The van der Waals surface area contributed by atoms with Crippen molar-refractivity contribution in [1.29, 1.82) is 0 Å². The lowest BCUT2D eigenvalue weighted by Crippen LogP contribution is -2.03. The Balaban J connectivity index is 2.96. The summed E-state index contributed by atoms with van der Waals surface area (Å²) < 4.78 is 0. The molecule has 0 aliphatic heterocycles. The Labute approximate surface area is 86.1 Å². The first-order chi connectivity index (χ1) is 6.56. The van der Waals surface area contributed by atoms with Crippen LogP contribution in [0.1, 0.15) is 30.9 Å². The number of phenolic OH excluding ortho intramolecular Hbond substituents is 1. The molecule has 2 atom stereocenters. The number of benzene rings is 1. The Hall–Kier alpha value is -1.24. The average Bonchev–Trinajstić information content (AvgIpc) is 2.20. The second-order valence-corrected chi connectivity index (χ2v) is 3.93. The molecule has 1 N–H and O–H groups in total. The standard InChI is InChI=1S/C13H18O/c1-5-9(2)11(4)12-6-7-13(14)10(3)8-12/h5-9,11,14H,1H2,2-4H3. The zero-order chi connectivity index (χ0) is 10.7. The van der Waals surface area contributed by atoms with Crippen LogP contribution in [-0.2, 0) is 0 Å². The molecule has 0 aliphatic carbocycles. The van der Waals surface area contributed by atoms with Crippen LogP contribution in [0, 0.1) is 12.8 Å². The van der Waals surface area contributed by atoms with Gasteiger partial charge in [-0.1, -0.05) is 32.1 Å². The van der Waals surface area contributed by atoms with Crippen molar-refractivity contribution in [3.8, 4) is 5.75 Å². The molecule has 0 bridgehead atoms. The Kier molecular flexibility index (Phi) is 3.34. The Morgan fingerprint density at radius 2 is 2.00 bits per heavy atom. The number of phenols is 1. The summed E-state index contributed by atoms with van der Waals surface area (Å²) in [4.78, 5) is 0. The first kappa shape index (κ1) is 10.8. The molecule has 0 fully saturated rings. The lowest BCUT2D eigenvalue weighted by molar-refractivity contribution is 0.470. The zero-order valence-electron chi connectivity index (χ0n) is 9.12. The van der Waals surface area contributed by atoms with Gasteiger partial charge in [0.2, 0.25) is 0 Å². The predicted octanol–water partition coefficient (Wildman–Crippen LogP) is 3.63. The maximum atomic E-state index is 9.40. The van der Waals surface area contributed by atoms with E-state index >= 15 is 0 Å². The van der Waals surface area contributed by atoms with Crippen molar-refractivity contribution in [2.24, 2.45) is 5.92 Å².